The molecule has 0 atom stereocenters. The lowest BCUT2D eigenvalue weighted by Gasteiger charge is -2.09. The van der Waals surface area contributed by atoms with Crippen LogP contribution in [0.4, 0.5) is 14.5 Å². The highest BCUT2D eigenvalue weighted by molar-refractivity contribution is 9.10. The van der Waals surface area contributed by atoms with Gasteiger partial charge in [0.15, 0.2) is 0 Å². The summed E-state index contributed by atoms with van der Waals surface area (Å²) in [7, 11) is 0. The van der Waals surface area contributed by atoms with Crippen molar-refractivity contribution in [2.45, 2.75) is 0 Å². The molecule has 0 aliphatic heterocycles. The smallest absolute Gasteiger partial charge is 0.148 e. The molecule has 17 heavy (non-hydrogen) atoms. The molecular formula is C12H7BrClF2N. The van der Waals surface area contributed by atoms with Gasteiger partial charge in [0.05, 0.1) is 10.0 Å². The maximum absolute atomic E-state index is 13.9. The summed E-state index contributed by atoms with van der Waals surface area (Å²) in [5.41, 5.74) is 6.03. The van der Waals surface area contributed by atoms with Crippen LogP contribution in [0.5, 0.6) is 0 Å². The molecule has 2 aromatic rings. The fraction of sp³-hybridized carbons (Fsp3) is 0. The van der Waals surface area contributed by atoms with Crippen molar-refractivity contribution in [3.63, 3.8) is 0 Å². The minimum absolute atomic E-state index is 0.174. The average Bonchev–Trinajstić information content (AvgIpc) is 2.29. The van der Waals surface area contributed by atoms with E-state index >= 15 is 0 Å². The van der Waals surface area contributed by atoms with Crippen LogP contribution in [-0.4, -0.2) is 0 Å². The van der Waals surface area contributed by atoms with Crippen LogP contribution in [0, 0.1) is 11.6 Å². The van der Waals surface area contributed by atoms with E-state index in [0.29, 0.717) is 5.02 Å². The molecule has 0 spiro atoms. The van der Waals surface area contributed by atoms with Gasteiger partial charge in [-0.15, -0.1) is 0 Å². The molecule has 0 bridgehead atoms. The van der Waals surface area contributed by atoms with Gasteiger partial charge in [-0.2, -0.15) is 0 Å². The van der Waals surface area contributed by atoms with E-state index in [-0.39, 0.29) is 21.3 Å². The maximum atomic E-state index is 13.9. The highest BCUT2D eigenvalue weighted by atomic mass is 79.9. The Balaban J connectivity index is 2.76. The van der Waals surface area contributed by atoms with Crippen LogP contribution in [-0.2, 0) is 0 Å². The second-order valence-corrected chi connectivity index (χ2v) is 4.74. The fourth-order valence-electron chi connectivity index (χ4n) is 1.52. The standard InChI is InChI=1S/C12H7BrClF2N/c13-8-2-3-9(15)11(12(8)16)7-5-6(14)1-4-10(7)17/h1-5H,17H2. The lowest BCUT2D eigenvalue weighted by atomic mass is 10.0. The topological polar surface area (TPSA) is 26.0 Å². The van der Waals surface area contributed by atoms with Crippen molar-refractivity contribution in [1.82, 2.24) is 0 Å². The van der Waals surface area contributed by atoms with E-state index in [1.165, 1.54) is 24.3 Å². The van der Waals surface area contributed by atoms with Gasteiger partial charge in [-0.3, -0.25) is 0 Å². The number of rotatable bonds is 1. The Labute approximate surface area is 110 Å². The Morgan fingerprint density at radius 3 is 2.53 bits per heavy atom. The number of hydrogen-bond acceptors (Lipinski definition) is 1. The largest absolute Gasteiger partial charge is 0.398 e. The van der Waals surface area contributed by atoms with Crippen molar-refractivity contribution in [3.05, 3.63) is 51.5 Å². The molecule has 0 aliphatic carbocycles. The van der Waals surface area contributed by atoms with Crippen LogP contribution in [0.2, 0.25) is 5.02 Å². The molecule has 0 aromatic heterocycles. The second-order valence-electron chi connectivity index (χ2n) is 3.45. The number of nitrogen functional groups attached to an aromatic ring is 1. The molecule has 1 nitrogen and oxygen atoms in total. The number of benzene rings is 2. The first-order chi connectivity index (χ1) is 8.00. The molecule has 0 amide bonds. The molecule has 2 N–H and O–H groups in total. The molecule has 88 valence electrons. The monoisotopic (exact) mass is 317 g/mol. The van der Waals surface area contributed by atoms with Gasteiger partial charge < -0.3 is 5.73 Å². The van der Waals surface area contributed by atoms with E-state index in [9.17, 15) is 8.78 Å². The third-order valence-corrected chi connectivity index (χ3v) is 3.18. The van der Waals surface area contributed by atoms with Crippen LogP contribution in [0.3, 0.4) is 0 Å². The first-order valence-electron chi connectivity index (χ1n) is 4.69. The lowest BCUT2D eigenvalue weighted by Crippen LogP contribution is -1.96. The van der Waals surface area contributed by atoms with E-state index in [2.05, 4.69) is 15.9 Å². The Morgan fingerprint density at radius 1 is 1.12 bits per heavy atom. The molecule has 0 radical (unpaired) electrons. The zero-order valence-corrected chi connectivity index (χ0v) is 10.8. The summed E-state index contributed by atoms with van der Waals surface area (Å²) in [5, 5.41) is 0.368. The molecule has 2 rings (SSSR count). The highest BCUT2D eigenvalue weighted by Crippen LogP contribution is 2.35. The van der Waals surface area contributed by atoms with Crippen molar-refractivity contribution in [2.75, 3.05) is 5.73 Å². The van der Waals surface area contributed by atoms with Gasteiger partial charge in [0.2, 0.25) is 0 Å². The molecule has 0 fully saturated rings. The predicted octanol–water partition coefficient (Wildman–Crippen LogP) is 4.63. The van der Waals surface area contributed by atoms with Gasteiger partial charge in [0.25, 0.3) is 0 Å². The average molecular weight is 319 g/mol. The van der Waals surface area contributed by atoms with Gasteiger partial charge in [0, 0.05) is 16.3 Å². The molecule has 0 heterocycles. The van der Waals surface area contributed by atoms with Gasteiger partial charge >= 0.3 is 0 Å². The molecule has 0 unspecified atom stereocenters. The summed E-state index contributed by atoms with van der Waals surface area (Å²) in [6.07, 6.45) is 0. The molecule has 5 heteroatoms. The van der Waals surface area contributed by atoms with Gasteiger partial charge in [-0.1, -0.05) is 11.6 Å². The quantitative estimate of drug-likeness (QED) is 0.602. The van der Waals surface area contributed by atoms with Crippen LogP contribution in [0.25, 0.3) is 11.1 Å². The van der Waals surface area contributed by atoms with Crippen molar-refractivity contribution in [3.8, 4) is 11.1 Å². The minimum atomic E-state index is -0.695. The van der Waals surface area contributed by atoms with Crippen molar-refractivity contribution in [2.24, 2.45) is 0 Å². The molecule has 0 aliphatic rings. The van der Waals surface area contributed by atoms with E-state index in [4.69, 9.17) is 17.3 Å². The third-order valence-electron chi connectivity index (χ3n) is 2.33. The zero-order valence-electron chi connectivity index (χ0n) is 8.48. The number of halogens is 4. The van der Waals surface area contributed by atoms with Gasteiger partial charge in [-0.25, -0.2) is 8.78 Å². The molecular weight excluding hydrogens is 311 g/mol. The van der Waals surface area contributed by atoms with Crippen LogP contribution >= 0.6 is 27.5 Å². The van der Waals surface area contributed by atoms with Crippen molar-refractivity contribution in [1.29, 1.82) is 0 Å². The van der Waals surface area contributed by atoms with E-state index in [0.717, 1.165) is 0 Å². The Kier molecular flexibility index (Phi) is 3.35. The van der Waals surface area contributed by atoms with E-state index < -0.39 is 11.6 Å². The molecule has 0 saturated heterocycles. The number of anilines is 1. The first kappa shape index (κ1) is 12.3. The molecule has 0 saturated carbocycles. The normalized spacial score (nSPS) is 10.6. The Hall–Kier alpha value is -1.13. The fourth-order valence-corrected chi connectivity index (χ4v) is 2.02. The minimum Gasteiger partial charge on any atom is -0.398 e. The summed E-state index contributed by atoms with van der Waals surface area (Å²) in [5.74, 6) is -1.38. The number of nitrogens with two attached hydrogens (primary N) is 1. The SMILES string of the molecule is Nc1ccc(Cl)cc1-c1c(F)ccc(Br)c1F. The van der Waals surface area contributed by atoms with E-state index in [1.807, 2.05) is 0 Å². The summed E-state index contributed by atoms with van der Waals surface area (Å²) in [6.45, 7) is 0. The highest BCUT2D eigenvalue weighted by Gasteiger charge is 2.16. The van der Waals surface area contributed by atoms with Crippen LogP contribution in [0.15, 0.2) is 34.8 Å². The number of hydrogen-bond donors (Lipinski definition) is 1. The van der Waals surface area contributed by atoms with Gasteiger partial charge in [-0.05, 0) is 46.3 Å². The third kappa shape index (κ3) is 2.28. The Bertz CT molecular complexity index is 587. The second kappa shape index (κ2) is 4.63. The predicted molar refractivity (Wildman–Crippen MR) is 68.9 cm³/mol. The first-order valence-corrected chi connectivity index (χ1v) is 5.86. The molecule has 2 aromatic carbocycles. The van der Waals surface area contributed by atoms with Gasteiger partial charge in [0.1, 0.15) is 11.6 Å². The summed E-state index contributed by atoms with van der Waals surface area (Å²) in [6, 6.07) is 6.98. The summed E-state index contributed by atoms with van der Waals surface area (Å²) >= 11 is 8.80. The van der Waals surface area contributed by atoms with Crippen LogP contribution < -0.4 is 5.73 Å². The zero-order chi connectivity index (χ0) is 12.6. The van der Waals surface area contributed by atoms with E-state index in [1.54, 1.807) is 6.07 Å². The summed E-state index contributed by atoms with van der Waals surface area (Å²) < 4.78 is 27.7. The van der Waals surface area contributed by atoms with Crippen molar-refractivity contribution < 1.29 is 8.78 Å². The summed E-state index contributed by atoms with van der Waals surface area (Å²) in [4.78, 5) is 0. The maximum Gasteiger partial charge on any atom is 0.148 e. The van der Waals surface area contributed by atoms with Crippen molar-refractivity contribution >= 4 is 33.2 Å². The van der Waals surface area contributed by atoms with Crippen LogP contribution in [0.1, 0.15) is 0 Å². The lowest BCUT2D eigenvalue weighted by molar-refractivity contribution is 0.585. The Morgan fingerprint density at radius 2 is 1.82 bits per heavy atom.